The maximum atomic E-state index is 13.2. The maximum absolute atomic E-state index is 13.2. The third kappa shape index (κ3) is 2.57. The van der Waals surface area contributed by atoms with E-state index in [2.05, 4.69) is 22.1 Å². The molecule has 0 aliphatic heterocycles. The molecule has 0 aliphatic carbocycles. The van der Waals surface area contributed by atoms with Gasteiger partial charge in [0.1, 0.15) is 5.82 Å². The minimum Gasteiger partial charge on any atom is -0.236 e. The van der Waals surface area contributed by atoms with Crippen LogP contribution in [-0.4, -0.2) is 9.97 Å². The highest BCUT2D eigenvalue weighted by Crippen LogP contribution is 2.21. The molecule has 98 valence electrons. The molecule has 0 fully saturated rings. The largest absolute Gasteiger partial charge is 0.236 e. The van der Waals surface area contributed by atoms with Gasteiger partial charge in [-0.25, -0.2) is 14.4 Å². The molecular weight excluding hydrogens is 251 g/mol. The molecule has 0 unspecified atom stereocenters. The van der Waals surface area contributed by atoms with Crippen LogP contribution in [0.1, 0.15) is 5.56 Å². The lowest BCUT2D eigenvalue weighted by atomic mass is 10.1. The topological polar surface area (TPSA) is 25.8 Å². The highest BCUT2D eigenvalue weighted by molar-refractivity contribution is 5.63. The summed E-state index contributed by atoms with van der Waals surface area (Å²) in [6.45, 7) is 2.05. The van der Waals surface area contributed by atoms with E-state index in [-0.39, 0.29) is 5.82 Å². The predicted molar refractivity (Wildman–Crippen MR) is 77.6 cm³/mol. The van der Waals surface area contributed by atoms with Crippen LogP contribution in [0.3, 0.4) is 0 Å². The quantitative estimate of drug-likeness (QED) is 0.691. The van der Waals surface area contributed by atoms with Crippen LogP contribution in [-0.2, 0) is 0 Å². The minimum absolute atomic E-state index is 0.284. The Labute approximate surface area is 117 Å². The summed E-state index contributed by atoms with van der Waals surface area (Å²) >= 11 is 0. The summed E-state index contributed by atoms with van der Waals surface area (Å²) in [5.74, 6) is 0.245. The van der Waals surface area contributed by atoms with E-state index in [1.165, 1.54) is 17.7 Å². The maximum Gasteiger partial charge on any atom is 0.159 e. The van der Waals surface area contributed by atoms with Gasteiger partial charge in [0.05, 0.1) is 0 Å². The lowest BCUT2D eigenvalue weighted by molar-refractivity contribution is 0.628. The Morgan fingerprint density at radius 2 is 1.50 bits per heavy atom. The first-order valence-electron chi connectivity index (χ1n) is 6.37. The second kappa shape index (κ2) is 5.21. The van der Waals surface area contributed by atoms with Crippen LogP contribution in [0, 0.1) is 12.7 Å². The first-order valence-corrected chi connectivity index (χ1v) is 6.37. The molecule has 0 atom stereocenters. The molecule has 0 bridgehead atoms. The van der Waals surface area contributed by atoms with Crippen molar-refractivity contribution in [2.75, 3.05) is 0 Å². The Hall–Kier alpha value is -2.55. The zero-order chi connectivity index (χ0) is 13.9. The number of hydrogen-bond donors (Lipinski definition) is 0. The molecule has 0 saturated heterocycles. The number of rotatable bonds is 2. The van der Waals surface area contributed by atoms with Gasteiger partial charge in [-0.05, 0) is 24.6 Å². The van der Waals surface area contributed by atoms with Gasteiger partial charge in [-0.1, -0.05) is 42.0 Å². The van der Waals surface area contributed by atoms with Gasteiger partial charge in [0.15, 0.2) is 5.82 Å². The summed E-state index contributed by atoms with van der Waals surface area (Å²) in [6, 6.07) is 14.5. The van der Waals surface area contributed by atoms with Crippen molar-refractivity contribution in [2.45, 2.75) is 6.92 Å². The van der Waals surface area contributed by atoms with Crippen molar-refractivity contribution in [1.82, 2.24) is 9.97 Å². The van der Waals surface area contributed by atoms with Gasteiger partial charge in [-0.3, -0.25) is 0 Å². The standard InChI is InChI=1S/C17H13FN2/c1-12-5-7-13(8-6-12)15-10-19-17(20-11-15)14-3-2-4-16(18)9-14/h2-11H,1H3. The van der Waals surface area contributed by atoms with Crippen molar-refractivity contribution in [1.29, 1.82) is 0 Å². The van der Waals surface area contributed by atoms with Crippen LogP contribution >= 0.6 is 0 Å². The van der Waals surface area contributed by atoms with Crippen molar-refractivity contribution in [3.63, 3.8) is 0 Å². The fraction of sp³-hybridized carbons (Fsp3) is 0.0588. The summed E-state index contributed by atoms with van der Waals surface area (Å²) in [6.07, 6.45) is 3.52. The second-order valence-corrected chi connectivity index (χ2v) is 4.67. The normalized spacial score (nSPS) is 10.5. The minimum atomic E-state index is -0.284. The van der Waals surface area contributed by atoms with Crippen molar-refractivity contribution >= 4 is 0 Å². The van der Waals surface area contributed by atoms with E-state index in [0.717, 1.165) is 11.1 Å². The van der Waals surface area contributed by atoms with Gasteiger partial charge < -0.3 is 0 Å². The zero-order valence-electron chi connectivity index (χ0n) is 11.0. The molecule has 0 N–H and O–H groups in total. The summed E-state index contributed by atoms with van der Waals surface area (Å²) in [7, 11) is 0. The summed E-state index contributed by atoms with van der Waals surface area (Å²) in [5, 5.41) is 0. The Morgan fingerprint density at radius 1 is 0.800 bits per heavy atom. The fourth-order valence-corrected chi connectivity index (χ4v) is 2.00. The highest BCUT2D eigenvalue weighted by atomic mass is 19.1. The van der Waals surface area contributed by atoms with Crippen LogP contribution in [0.2, 0.25) is 0 Å². The molecule has 20 heavy (non-hydrogen) atoms. The average Bonchev–Trinajstić information content (AvgIpc) is 2.48. The Balaban J connectivity index is 1.93. The Morgan fingerprint density at radius 3 is 2.15 bits per heavy atom. The smallest absolute Gasteiger partial charge is 0.159 e. The van der Waals surface area contributed by atoms with Crippen molar-refractivity contribution < 1.29 is 4.39 Å². The Bertz CT molecular complexity index is 719. The summed E-state index contributed by atoms with van der Waals surface area (Å²) in [4.78, 5) is 8.62. The Kier molecular flexibility index (Phi) is 3.25. The van der Waals surface area contributed by atoms with E-state index in [9.17, 15) is 4.39 Å². The molecule has 0 amide bonds. The van der Waals surface area contributed by atoms with Gasteiger partial charge in [-0.15, -0.1) is 0 Å². The van der Waals surface area contributed by atoms with Crippen molar-refractivity contribution in [3.05, 3.63) is 72.3 Å². The lowest BCUT2D eigenvalue weighted by Gasteiger charge is -2.04. The molecule has 1 heterocycles. The number of benzene rings is 2. The van der Waals surface area contributed by atoms with Gasteiger partial charge >= 0.3 is 0 Å². The predicted octanol–water partition coefficient (Wildman–Crippen LogP) is 4.26. The molecule has 3 heteroatoms. The van der Waals surface area contributed by atoms with Gasteiger partial charge in [0.25, 0.3) is 0 Å². The van der Waals surface area contributed by atoms with Gasteiger partial charge in [0.2, 0.25) is 0 Å². The van der Waals surface area contributed by atoms with Gasteiger partial charge in [-0.2, -0.15) is 0 Å². The molecular formula is C17H13FN2. The highest BCUT2D eigenvalue weighted by Gasteiger charge is 2.04. The number of aromatic nitrogens is 2. The van der Waals surface area contributed by atoms with Crippen LogP contribution in [0.15, 0.2) is 60.9 Å². The van der Waals surface area contributed by atoms with E-state index in [1.807, 2.05) is 19.1 Å². The number of aryl methyl sites for hydroxylation is 1. The molecule has 0 aliphatic rings. The number of halogens is 1. The van der Waals surface area contributed by atoms with E-state index in [0.29, 0.717) is 11.4 Å². The van der Waals surface area contributed by atoms with Crippen LogP contribution in [0.5, 0.6) is 0 Å². The summed E-state index contributed by atoms with van der Waals surface area (Å²) in [5.41, 5.74) is 3.91. The third-order valence-corrected chi connectivity index (χ3v) is 3.12. The first-order chi connectivity index (χ1) is 9.72. The van der Waals surface area contributed by atoms with E-state index < -0.39 is 0 Å². The average molecular weight is 264 g/mol. The molecule has 3 aromatic rings. The summed E-state index contributed by atoms with van der Waals surface area (Å²) < 4.78 is 13.2. The van der Waals surface area contributed by atoms with Crippen LogP contribution in [0.25, 0.3) is 22.5 Å². The van der Waals surface area contributed by atoms with Crippen molar-refractivity contribution in [2.24, 2.45) is 0 Å². The first kappa shape index (κ1) is 12.5. The molecule has 1 aromatic heterocycles. The number of nitrogens with zero attached hydrogens (tertiary/aromatic N) is 2. The lowest BCUT2D eigenvalue weighted by Crippen LogP contribution is -1.90. The molecule has 2 nitrogen and oxygen atoms in total. The zero-order valence-corrected chi connectivity index (χ0v) is 11.0. The van der Waals surface area contributed by atoms with Crippen LogP contribution < -0.4 is 0 Å². The second-order valence-electron chi connectivity index (χ2n) is 4.67. The molecule has 3 rings (SSSR count). The molecule has 2 aromatic carbocycles. The van der Waals surface area contributed by atoms with E-state index in [1.54, 1.807) is 24.5 Å². The SMILES string of the molecule is Cc1ccc(-c2cnc(-c3cccc(F)c3)nc2)cc1. The van der Waals surface area contributed by atoms with Crippen molar-refractivity contribution in [3.8, 4) is 22.5 Å². The molecule has 0 radical (unpaired) electrons. The molecule has 0 saturated carbocycles. The third-order valence-electron chi connectivity index (χ3n) is 3.12. The van der Waals surface area contributed by atoms with E-state index in [4.69, 9.17) is 0 Å². The van der Waals surface area contributed by atoms with Crippen LogP contribution in [0.4, 0.5) is 4.39 Å². The fourth-order valence-electron chi connectivity index (χ4n) is 2.00. The van der Waals surface area contributed by atoms with Gasteiger partial charge in [0, 0.05) is 23.5 Å². The molecule has 0 spiro atoms. The van der Waals surface area contributed by atoms with E-state index >= 15 is 0 Å². The number of hydrogen-bond acceptors (Lipinski definition) is 2. The monoisotopic (exact) mass is 264 g/mol.